The van der Waals surface area contributed by atoms with Gasteiger partial charge in [-0.1, -0.05) is 260 Å². The van der Waals surface area contributed by atoms with Crippen molar-refractivity contribution in [3.8, 4) is 0 Å². The Hall–Kier alpha value is -2.20. The molecule has 4 unspecified atom stereocenters. The maximum atomic E-state index is 14.0. The molecule has 0 aromatic heterocycles. The van der Waals surface area contributed by atoms with Gasteiger partial charge in [0.1, 0.15) is 12.1 Å². The molecule has 4 atom stereocenters. The zero-order valence-corrected chi connectivity index (χ0v) is 54.7. The first-order chi connectivity index (χ1) is 38.9. The molecule has 0 spiro atoms. The largest absolute Gasteiger partial charge is 0.354 e. The Balaban J connectivity index is 1.75. The van der Waals surface area contributed by atoms with Gasteiger partial charge in [-0.25, -0.2) is 0 Å². The fraction of sp³-hybridized carbons (Fsp3) is 0.943. The van der Waals surface area contributed by atoms with Crippen LogP contribution in [-0.2, 0) is 19.2 Å². The van der Waals surface area contributed by atoms with Gasteiger partial charge in [0.05, 0.1) is 0 Å². The topological polar surface area (TPSA) is 105 Å². The van der Waals surface area contributed by atoms with Crippen molar-refractivity contribution >= 4 is 23.6 Å². The molecular weight excluding hydrogens is 989 g/mol. The normalized spacial score (nSPS) is 16.7. The van der Waals surface area contributed by atoms with E-state index in [1.54, 1.807) is 0 Å². The van der Waals surface area contributed by atoms with Crippen LogP contribution in [-0.4, -0.2) is 121 Å². The van der Waals surface area contributed by atoms with Crippen LogP contribution in [0.15, 0.2) is 0 Å². The number of amides is 4. The third-order valence-electron chi connectivity index (χ3n) is 18.6. The summed E-state index contributed by atoms with van der Waals surface area (Å²) in [7, 11) is 4.39. The Bertz CT molecular complexity index is 1380. The van der Waals surface area contributed by atoms with Crippen molar-refractivity contribution in [3.63, 3.8) is 0 Å². The summed E-state index contributed by atoms with van der Waals surface area (Å²) >= 11 is 0. The summed E-state index contributed by atoms with van der Waals surface area (Å²) < 4.78 is 0. The van der Waals surface area contributed by atoms with Gasteiger partial charge in [-0.2, -0.15) is 0 Å². The molecule has 2 N–H and O–H groups in total. The van der Waals surface area contributed by atoms with Crippen molar-refractivity contribution in [2.24, 2.45) is 11.8 Å². The van der Waals surface area contributed by atoms with Crippen molar-refractivity contribution in [1.29, 1.82) is 0 Å². The van der Waals surface area contributed by atoms with Gasteiger partial charge in [0.25, 0.3) is 0 Å². The molecule has 2 fully saturated rings. The first-order valence-corrected chi connectivity index (χ1v) is 35.5. The van der Waals surface area contributed by atoms with E-state index in [2.05, 4.69) is 76.1 Å². The fourth-order valence-corrected chi connectivity index (χ4v) is 13.2. The van der Waals surface area contributed by atoms with Gasteiger partial charge >= 0.3 is 0 Å². The van der Waals surface area contributed by atoms with E-state index in [1.807, 2.05) is 9.80 Å². The second kappa shape index (κ2) is 50.2. The smallest absolute Gasteiger partial charge is 0.243 e. The fourth-order valence-electron chi connectivity index (χ4n) is 13.2. The Morgan fingerprint density at radius 3 is 0.875 bits per heavy atom. The number of nitrogens with one attached hydrogen (secondary N) is 2. The van der Waals surface area contributed by atoms with Crippen LogP contribution in [0.1, 0.15) is 337 Å². The molecule has 0 saturated carbocycles. The second-order valence-corrected chi connectivity index (χ2v) is 26.5. The predicted molar refractivity (Wildman–Crippen MR) is 343 cm³/mol. The number of unbranched alkanes of at least 4 members (excludes halogenated alkanes) is 35. The van der Waals surface area contributed by atoms with E-state index >= 15 is 0 Å². The molecule has 4 amide bonds. The molecule has 470 valence electrons. The van der Waals surface area contributed by atoms with Crippen LogP contribution >= 0.6 is 0 Å². The highest BCUT2D eigenvalue weighted by Gasteiger charge is 2.35. The second-order valence-electron chi connectivity index (χ2n) is 26.5. The Morgan fingerprint density at radius 1 is 0.388 bits per heavy atom. The van der Waals surface area contributed by atoms with Gasteiger partial charge in [-0.15, -0.1) is 0 Å². The Morgan fingerprint density at radius 2 is 0.637 bits per heavy atom. The van der Waals surface area contributed by atoms with Gasteiger partial charge < -0.3 is 30.2 Å². The number of likely N-dealkylation sites (tertiary alicyclic amines) is 2. The summed E-state index contributed by atoms with van der Waals surface area (Å²) in [5, 5.41) is 6.50. The lowest BCUT2D eigenvalue weighted by molar-refractivity contribution is -0.142. The van der Waals surface area contributed by atoms with E-state index in [1.165, 1.54) is 205 Å². The predicted octanol–water partition coefficient (Wildman–Crippen LogP) is 17.5. The van der Waals surface area contributed by atoms with Crippen molar-refractivity contribution < 1.29 is 19.2 Å². The van der Waals surface area contributed by atoms with Gasteiger partial charge in [0.2, 0.25) is 23.6 Å². The van der Waals surface area contributed by atoms with E-state index in [0.717, 1.165) is 90.1 Å². The van der Waals surface area contributed by atoms with Gasteiger partial charge in [0, 0.05) is 51.1 Å². The Kier molecular flexibility index (Phi) is 46.3. The third kappa shape index (κ3) is 35.8. The average Bonchev–Trinajstić information content (AvgIpc) is 4.06. The molecule has 2 aliphatic heterocycles. The Labute approximate surface area is 497 Å². The van der Waals surface area contributed by atoms with Crippen molar-refractivity contribution in [3.05, 3.63) is 0 Å². The van der Waals surface area contributed by atoms with Crippen LogP contribution in [0.2, 0.25) is 0 Å². The van der Waals surface area contributed by atoms with Crippen LogP contribution in [0.5, 0.6) is 0 Å². The summed E-state index contributed by atoms with van der Waals surface area (Å²) in [5.74, 6) is 0.280. The summed E-state index contributed by atoms with van der Waals surface area (Å²) in [4.78, 5) is 64.8. The van der Waals surface area contributed by atoms with Gasteiger partial charge in [0.15, 0.2) is 0 Å². The monoisotopic (exact) mass is 1130 g/mol. The van der Waals surface area contributed by atoms with E-state index in [0.29, 0.717) is 51.1 Å². The summed E-state index contributed by atoms with van der Waals surface area (Å²) in [6.45, 7) is 17.6. The van der Waals surface area contributed by atoms with Crippen LogP contribution < -0.4 is 10.6 Å². The quantitative estimate of drug-likeness (QED) is 0.0588. The number of nitrogens with zero attached hydrogens (tertiary/aromatic N) is 4. The highest BCUT2D eigenvalue weighted by Crippen LogP contribution is 2.25. The molecule has 0 aliphatic carbocycles. The highest BCUT2D eigenvalue weighted by molar-refractivity contribution is 5.88. The number of hydrogen-bond acceptors (Lipinski definition) is 6. The molecule has 2 heterocycles. The number of carbonyl (C=O) groups is 4. The highest BCUT2D eigenvalue weighted by atomic mass is 16.2. The zero-order chi connectivity index (χ0) is 58.3. The SMILES string of the molecule is CCCCCCCCCCCCCCCCCCCC(=O)N(CCC1CCCN1C)C(C(=O)NCCCCCCNC(=O)C(C(C)C)N(CCC1CCCN1C)C(=O)CCCCCCCCCCCCCCCCCCC)C(C)C. The third-order valence-corrected chi connectivity index (χ3v) is 18.6. The van der Waals surface area contributed by atoms with E-state index in [-0.39, 0.29) is 35.5 Å². The molecule has 0 radical (unpaired) electrons. The molecule has 2 rings (SSSR count). The molecular formula is C70H136N6O4. The number of rotatable bonds is 55. The lowest BCUT2D eigenvalue weighted by Gasteiger charge is -2.35. The number of carbonyl (C=O) groups excluding carboxylic acids is 4. The molecule has 10 heteroatoms. The minimum absolute atomic E-state index is 0.0213. The maximum Gasteiger partial charge on any atom is 0.243 e. The maximum absolute atomic E-state index is 14.0. The minimum atomic E-state index is -0.464. The van der Waals surface area contributed by atoms with Gasteiger partial charge in [-0.3, -0.25) is 19.2 Å². The van der Waals surface area contributed by atoms with Crippen LogP contribution in [0.25, 0.3) is 0 Å². The molecule has 10 nitrogen and oxygen atoms in total. The first-order valence-electron chi connectivity index (χ1n) is 35.5. The minimum Gasteiger partial charge on any atom is -0.354 e. The zero-order valence-electron chi connectivity index (χ0n) is 54.7. The van der Waals surface area contributed by atoms with Crippen molar-refractivity contribution in [2.45, 2.75) is 361 Å². The lowest BCUT2D eigenvalue weighted by Crippen LogP contribution is -2.53. The van der Waals surface area contributed by atoms with Crippen LogP contribution in [0.3, 0.4) is 0 Å². The van der Waals surface area contributed by atoms with Crippen molar-refractivity contribution in [2.75, 3.05) is 53.4 Å². The summed E-state index contributed by atoms with van der Waals surface area (Å²) in [5.41, 5.74) is 0. The average molecular weight is 1130 g/mol. The summed E-state index contributed by atoms with van der Waals surface area (Å²) in [6, 6.07) is 0.00848. The molecule has 0 aromatic rings. The van der Waals surface area contributed by atoms with Crippen LogP contribution in [0, 0.1) is 11.8 Å². The first kappa shape index (κ1) is 73.9. The summed E-state index contributed by atoms with van der Waals surface area (Å²) in [6.07, 6.45) is 56.1. The van der Waals surface area contributed by atoms with Crippen molar-refractivity contribution in [1.82, 2.24) is 30.2 Å². The number of hydrogen-bond donors (Lipinski definition) is 2. The van der Waals surface area contributed by atoms with E-state index < -0.39 is 12.1 Å². The molecule has 0 bridgehead atoms. The standard InChI is InChI=1S/C70H136N6O4/c1-9-11-13-15-17-19-21-23-25-27-29-31-33-35-37-39-43-51-65(77)75(59-53-63-49-47-57-73(63)7)67(61(3)4)69(79)71-55-45-41-42-46-56-72-70(80)68(62(5)6)76(60-54-64-50-48-58-74(64)8)66(78)52-44-40-38-36-34-32-30-28-26-24-22-20-18-16-14-12-10-2/h61-64,67-68H,9-60H2,1-8H3,(H,71,79)(H,72,80). The van der Waals surface area contributed by atoms with E-state index in [9.17, 15) is 19.2 Å². The molecule has 2 saturated heterocycles. The van der Waals surface area contributed by atoms with Gasteiger partial charge in [-0.05, 0) is 103 Å². The molecule has 0 aromatic carbocycles. The molecule has 80 heavy (non-hydrogen) atoms. The lowest BCUT2D eigenvalue weighted by atomic mass is 9.98. The van der Waals surface area contributed by atoms with E-state index in [4.69, 9.17) is 0 Å². The van der Waals surface area contributed by atoms with Crippen LogP contribution in [0.4, 0.5) is 0 Å². The molecule has 2 aliphatic rings.